The smallest absolute Gasteiger partial charge is 0.158 e. The Hall–Kier alpha value is -0.590. The second kappa shape index (κ2) is 6.21. The Morgan fingerprint density at radius 3 is 2.39 bits per heavy atom. The van der Waals surface area contributed by atoms with Gasteiger partial charge < -0.3 is 0 Å². The van der Waals surface area contributed by atoms with Gasteiger partial charge in [-0.25, -0.2) is 0 Å². The molecule has 4 fully saturated rings. The fourth-order valence-corrected chi connectivity index (χ4v) is 9.66. The number of rotatable bonds is 0. The first-order chi connectivity index (χ1) is 13.2. The highest BCUT2D eigenvalue weighted by atomic mass is 16.1. The van der Waals surface area contributed by atoms with Gasteiger partial charge in [0.25, 0.3) is 0 Å². The Balaban J connectivity index is 1.51. The number of carbonyl (C=O) groups excluding carboxylic acids is 1. The molecule has 0 aromatic rings. The van der Waals surface area contributed by atoms with Crippen molar-refractivity contribution in [2.24, 2.45) is 45.8 Å². The monoisotopic (exact) mass is 382 g/mol. The average molecular weight is 383 g/mol. The van der Waals surface area contributed by atoms with E-state index in [4.69, 9.17) is 0 Å². The molecule has 0 aliphatic heterocycles. The standard InChI is InChI=1S/C27H42O/c1-17-10-12-25(3)14-15-27(5)21(22(25)16-17)11-13-26(4)20-7-8-23(28)18(2)19(20)6-9-24(26)27/h17,20-22,24H,6-16H2,1-5H3. The van der Waals surface area contributed by atoms with Crippen LogP contribution in [0.25, 0.3) is 0 Å². The van der Waals surface area contributed by atoms with Crippen LogP contribution in [-0.2, 0) is 4.79 Å². The molecule has 0 radical (unpaired) electrons. The molecule has 0 amide bonds. The van der Waals surface area contributed by atoms with Gasteiger partial charge in [-0.3, -0.25) is 4.79 Å². The summed E-state index contributed by atoms with van der Waals surface area (Å²) in [5, 5.41) is 0. The molecule has 1 heteroatoms. The first-order valence-electron chi connectivity index (χ1n) is 12.4. The highest BCUT2D eigenvalue weighted by Gasteiger charge is 2.63. The van der Waals surface area contributed by atoms with E-state index in [1.807, 2.05) is 0 Å². The third-order valence-corrected chi connectivity index (χ3v) is 11.4. The van der Waals surface area contributed by atoms with E-state index in [9.17, 15) is 4.79 Å². The molecule has 1 nitrogen and oxygen atoms in total. The number of hydrogen-bond donors (Lipinski definition) is 0. The predicted molar refractivity (Wildman–Crippen MR) is 116 cm³/mol. The van der Waals surface area contributed by atoms with Crippen molar-refractivity contribution in [3.63, 3.8) is 0 Å². The van der Waals surface area contributed by atoms with Gasteiger partial charge in [-0.1, -0.05) is 39.7 Å². The fourth-order valence-electron chi connectivity index (χ4n) is 9.66. The van der Waals surface area contributed by atoms with Crippen LogP contribution in [0.15, 0.2) is 11.1 Å². The van der Waals surface area contributed by atoms with Gasteiger partial charge in [0.15, 0.2) is 5.78 Å². The lowest BCUT2D eigenvalue weighted by atomic mass is 9.37. The van der Waals surface area contributed by atoms with Crippen molar-refractivity contribution in [2.45, 2.75) is 105 Å². The summed E-state index contributed by atoms with van der Waals surface area (Å²) in [5.74, 6) is 4.85. The van der Waals surface area contributed by atoms with E-state index in [1.54, 1.807) is 5.57 Å². The van der Waals surface area contributed by atoms with Crippen molar-refractivity contribution < 1.29 is 4.79 Å². The van der Waals surface area contributed by atoms with Crippen molar-refractivity contribution in [1.29, 1.82) is 0 Å². The molecular formula is C27H42O. The van der Waals surface area contributed by atoms with Crippen LogP contribution in [0.4, 0.5) is 0 Å². The normalized spacial score (nSPS) is 53.8. The lowest BCUT2D eigenvalue weighted by Gasteiger charge is -2.68. The van der Waals surface area contributed by atoms with Crippen LogP contribution in [0.1, 0.15) is 105 Å². The summed E-state index contributed by atoms with van der Waals surface area (Å²) in [7, 11) is 0. The maximum absolute atomic E-state index is 12.4. The minimum atomic E-state index is 0.439. The molecule has 5 aliphatic carbocycles. The molecule has 28 heavy (non-hydrogen) atoms. The maximum Gasteiger partial charge on any atom is 0.158 e. The van der Waals surface area contributed by atoms with Gasteiger partial charge in [0.05, 0.1) is 0 Å². The molecule has 0 aromatic carbocycles. The predicted octanol–water partition coefficient (Wildman–Crippen LogP) is 7.35. The van der Waals surface area contributed by atoms with Crippen LogP contribution in [0.5, 0.6) is 0 Å². The summed E-state index contributed by atoms with van der Waals surface area (Å²) in [6, 6.07) is 0. The van der Waals surface area contributed by atoms with E-state index < -0.39 is 0 Å². The van der Waals surface area contributed by atoms with Gasteiger partial charge in [0.2, 0.25) is 0 Å². The van der Waals surface area contributed by atoms with Crippen LogP contribution in [0.2, 0.25) is 0 Å². The van der Waals surface area contributed by atoms with Gasteiger partial charge in [-0.2, -0.15) is 0 Å². The highest BCUT2D eigenvalue weighted by Crippen LogP contribution is 2.71. The van der Waals surface area contributed by atoms with E-state index in [1.165, 1.54) is 57.8 Å². The van der Waals surface area contributed by atoms with Crippen LogP contribution in [-0.4, -0.2) is 5.78 Å². The second-order valence-electron chi connectivity index (χ2n) is 12.6. The average Bonchev–Trinajstić information content (AvgIpc) is 2.65. The summed E-state index contributed by atoms with van der Waals surface area (Å²) in [4.78, 5) is 12.4. The quantitative estimate of drug-likeness (QED) is 0.428. The van der Waals surface area contributed by atoms with Gasteiger partial charge in [-0.15, -0.1) is 0 Å². The minimum absolute atomic E-state index is 0.439. The molecule has 0 aromatic heterocycles. The molecule has 4 saturated carbocycles. The summed E-state index contributed by atoms with van der Waals surface area (Å²) in [5.41, 5.74) is 4.33. The molecule has 0 spiro atoms. The topological polar surface area (TPSA) is 17.1 Å². The Kier molecular flexibility index (Phi) is 4.30. The molecular weight excluding hydrogens is 340 g/mol. The zero-order chi connectivity index (χ0) is 19.9. The van der Waals surface area contributed by atoms with Gasteiger partial charge in [0, 0.05) is 6.42 Å². The summed E-state index contributed by atoms with van der Waals surface area (Å²) >= 11 is 0. The molecule has 5 rings (SSSR count). The third kappa shape index (κ3) is 2.46. The number of carbonyl (C=O) groups is 1. The second-order valence-corrected chi connectivity index (χ2v) is 12.6. The molecule has 5 aliphatic rings. The SMILES string of the molecule is CC1=C2CCC3C(C)(CCC4C5CC(C)CCC5(C)CCC43C)C2CCC1=O. The summed E-state index contributed by atoms with van der Waals surface area (Å²) in [6.07, 6.45) is 14.7. The molecule has 0 bridgehead atoms. The van der Waals surface area contributed by atoms with Gasteiger partial charge >= 0.3 is 0 Å². The highest BCUT2D eigenvalue weighted by molar-refractivity contribution is 5.96. The Morgan fingerprint density at radius 1 is 0.821 bits per heavy atom. The number of allylic oxidation sites excluding steroid dienone is 2. The Bertz CT molecular complexity index is 718. The van der Waals surface area contributed by atoms with E-state index in [-0.39, 0.29) is 0 Å². The van der Waals surface area contributed by atoms with Crippen molar-refractivity contribution in [2.75, 3.05) is 0 Å². The number of hydrogen-bond acceptors (Lipinski definition) is 1. The van der Waals surface area contributed by atoms with Crippen molar-refractivity contribution in [3.8, 4) is 0 Å². The van der Waals surface area contributed by atoms with Crippen LogP contribution >= 0.6 is 0 Å². The fraction of sp³-hybridized carbons (Fsp3) is 0.889. The zero-order valence-electron chi connectivity index (χ0n) is 19.1. The van der Waals surface area contributed by atoms with Crippen LogP contribution < -0.4 is 0 Å². The van der Waals surface area contributed by atoms with Crippen LogP contribution in [0, 0.1) is 45.8 Å². The lowest BCUT2D eigenvalue weighted by molar-refractivity contribution is -0.176. The summed E-state index contributed by atoms with van der Waals surface area (Å²) < 4.78 is 0. The van der Waals surface area contributed by atoms with Crippen molar-refractivity contribution in [3.05, 3.63) is 11.1 Å². The number of Topliss-reactive ketones (excluding diaryl/α,β-unsaturated/α-hetero) is 1. The Labute approximate surface area is 173 Å². The van der Waals surface area contributed by atoms with E-state index in [2.05, 4.69) is 34.6 Å². The largest absolute Gasteiger partial charge is 0.295 e. The van der Waals surface area contributed by atoms with E-state index in [0.29, 0.717) is 27.9 Å². The zero-order valence-corrected chi connectivity index (χ0v) is 19.1. The molecule has 156 valence electrons. The number of ketones is 1. The Morgan fingerprint density at radius 2 is 1.61 bits per heavy atom. The first kappa shape index (κ1) is 19.4. The van der Waals surface area contributed by atoms with Gasteiger partial charge in [-0.05, 0) is 116 Å². The van der Waals surface area contributed by atoms with Crippen molar-refractivity contribution in [1.82, 2.24) is 0 Å². The van der Waals surface area contributed by atoms with E-state index in [0.717, 1.165) is 42.1 Å². The molecule has 0 N–H and O–H groups in total. The maximum atomic E-state index is 12.4. The minimum Gasteiger partial charge on any atom is -0.295 e. The van der Waals surface area contributed by atoms with Crippen molar-refractivity contribution >= 4 is 5.78 Å². The molecule has 8 unspecified atom stereocenters. The molecule has 0 heterocycles. The lowest BCUT2D eigenvalue weighted by Crippen LogP contribution is -2.60. The van der Waals surface area contributed by atoms with E-state index >= 15 is 0 Å². The summed E-state index contributed by atoms with van der Waals surface area (Å²) in [6.45, 7) is 12.7. The molecule has 0 saturated heterocycles. The number of fused-ring (bicyclic) bond motifs is 7. The van der Waals surface area contributed by atoms with Gasteiger partial charge in [0.1, 0.15) is 0 Å². The first-order valence-corrected chi connectivity index (χ1v) is 12.4. The third-order valence-electron chi connectivity index (χ3n) is 11.4. The van der Waals surface area contributed by atoms with Crippen LogP contribution in [0.3, 0.4) is 0 Å². The molecule has 8 atom stereocenters.